The van der Waals surface area contributed by atoms with E-state index in [-0.39, 0.29) is 0 Å². The summed E-state index contributed by atoms with van der Waals surface area (Å²) >= 11 is 5.41. The van der Waals surface area contributed by atoms with E-state index in [4.69, 9.17) is 0 Å². The van der Waals surface area contributed by atoms with Crippen molar-refractivity contribution in [2.24, 2.45) is 0 Å². The van der Waals surface area contributed by atoms with Crippen molar-refractivity contribution in [1.82, 2.24) is 9.38 Å². The zero-order chi connectivity index (χ0) is 12.3. The standard InChI is InChI=1S/C14H9BrN2S/c1-8-6-9(15)13-12(7-8)18-14-16-10-4-2-3-5-11(10)17(13)14/h2-7H,1H3. The molecule has 0 bridgehead atoms. The number of para-hydroxylation sites is 2. The second-order valence-corrected chi connectivity index (χ2v) is 6.28. The normalized spacial score (nSPS) is 11.9. The van der Waals surface area contributed by atoms with Gasteiger partial charge in [0.2, 0.25) is 0 Å². The van der Waals surface area contributed by atoms with Crippen molar-refractivity contribution >= 4 is 53.5 Å². The lowest BCUT2D eigenvalue weighted by molar-refractivity contribution is 1.33. The molecule has 0 atom stereocenters. The van der Waals surface area contributed by atoms with Gasteiger partial charge < -0.3 is 0 Å². The molecule has 0 aliphatic rings. The lowest BCUT2D eigenvalue weighted by atomic mass is 10.2. The second kappa shape index (κ2) is 3.56. The minimum Gasteiger partial charge on any atom is -0.282 e. The number of hydrogen-bond acceptors (Lipinski definition) is 2. The summed E-state index contributed by atoms with van der Waals surface area (Å²) in [5.41, 5.74) is 4.71. The van der Waals surface area contributed by atoms with Gasteiger partial charge in [-0.15, -0.1) is 0 Å². The highest BCUT2D eigenvalue weighted by atomic mass is 79.9. The van der Waals surface area contributed by atoms with Crippen LogP contribution in [0.15, 0.2) is 40.9 Å². The average molecular weight is 317 g/mol. The van der Waals surface area contributed by atoms with Crippen molar-refractivity contribution in [1.29, 1.82) is 0 Å². The highest BCUT2D eigenvalue weighted by molar-refractivity contribution is 9.10. The first kappa shape index (κ1) is 10.5. The van der Waals surface area contributed by atoms with E-state index < -0.39 is 0 Å². The summed E-state index contributed by atoms with van der Waals surface area (Å²) in [4.78, 5) is 5.74. The molecule has 0 N–H and O–H groups in total. The minimum atomic E-state index is 1.05. The fourth-order valence-electron chi connectivity index (χ4n) is 2.38. The Kier molecular flexibility index (Phi) is 2.08. The third-order valence-electron chi connectivity index (χ3n) is 3.13. The van der Waals surface area contributed by atoms with Crippen LogP contribution in [0.3, 0.4) is 0 Å². The van der Waals surface area contributed by atoms with E-state index >= 15 is 0 Å². The first-order valence-electron chi connectivity index (χ1n) is 5.70. The van der Waals surface area contributed by atoms with Crippen LogP contribution in [-0.2, 0) is 0 Å². The molecule has 0 unspecified atom stereocenters. The second-order valence-electron chi connectivity index (χ2n) is 4.41. The topological polar surface area (TPSA) is 17.3 Å². The third-order valence-corrected chi connectivity index (χ3v) is 4.72. The van der Waals surface area contributed by atoms with Crippen LogP contribution in [0.25, 0.3) is 26.2 Å². The molecular formula is C14H9BrN2S. The Morgan fingerprint density at radius 3 is 2.94 bits per heavy atom. The van der Waals surface area contributed by atoms with Crippen molar-refractivity contribution in [3.05, 3.63) is 46.4 Å². The van der Waals surface area contributed by atoms with Crippen molar-refractivity contribution in [3.63, 3.8) is 0 Å². The van der Waals surface area contributed by atoms with E-state index in [1.165, 1.54) is 21.3 Å². The van der Waals surface area contributed by atoms with Gasteiger partial charge >= 0.3 is 0 Å². The molecule has 4 aromatic rings. The highest BCUT2D eigenvalue weighted by Gasteiger charge is 2.13. The van der Waals surface area contributed by atoms with Gasteiger partial charge in [0.25, 0.3) is 0 Å². The molecule has 0 radical (unpaired) electrons. The smallest absolute Gasteiger partial charge is 0.195 e. The number of aryl methyl sites for hydroxylation is 1. The first-order chi connectivity index (χ1) is 8.74. The van der Waals surface area contributed by atoms with Crippen molar-refractivity contribution in [3.8, 4) is 0 Å². The number of rotatable bonds is 0. The van der Waals surface area contributed by atoms with E-state index in [1.54, 1.807) is 11.3 Å². The molecular weight excluding hydrogens is 308 g/mol. The number of nitrogens with zero attached hydrogens (tertiary/aromatic N) is 2. The molecule has 0 fully saturated rings. The Bertz CT molecular complexity index is 904. The SMILES string of the molecule is Cc1cc(Br)c2c(c1)sc1nc3ccccc3n12. The number of hydrogen-bond donors (Lipinski definition) is 0. The molecule has 0 amide bonds. The molecule has 88 valence electrons. The fraction of sp³-hybridized carbons (Fsp3) is 0.0714. The van der Waals surface area contributed by atoms with Gasteiger partial charge in [0.1, 0.15) is 0 Å². The largest absolute Gasteiger partial charge is 0.282 e. The van der Waals surface area contributed by atoms with E-state index in [1.807, 2.05) is 6.07 Å². The number of thiazole rings is 1. The van der Waals surface area contributed by atoms with Crippen LogP contribution in [0, 0.1) is 6.92 Å². The molecule has 18 heavy (non-hydrogen) atoms. The predicted octanol–water partition coefficient (Wildman–Crippen LogP) is 4.77. The minimum absolute atomic E-state index is 1.05. The fourth-order valence-corrected chi connectivity index (χ4v) is 4.43. The molecule has 2 aromatic heterocycles. The van der Waals surface area contributed by atoms with Crippen molar-refractivity contribution in [2.75, 3.05) is 0 Å². The first-order valence-corrected chi connectivity index (χ1v) is 7.31. The number of aromatic nitrogens is 2. The van der Waals surface area contributed by atoms with E-state index in [2.05, 4.69) is 62.6 Å². The van der Waals surface area contributed by atoms with Crippen LogP contribution >= 0.6 is 27.3 Å². The number of imidazole rings is 1. The van der Waals surface area contributed by atoms with Crippen LogP contribution in [0.1, 0.15) is 5.56 Å². The Morgan fingerprint density at radius 2 is 2.06 bits per heavy atom. The maximum absolute atomic E-state index is 4.68. The van der Waals surface area contributed by atoms with Gasteiger partial charge in [-0.3, -0.25) is 4.40 Å². The van der Waals surface area contributed by atoms with Crippen molar-refractivity contribution in [2.45, 2.75) is 6.92 Å². The maximum atomic E-state index is 4.68. The van der Waals surface area contributed by atoms with Gasteiger partial charge in [-0.05, 0) is 52.7 Å². The Morgan fingerprint density at radius 1 is 1.22 bits per heavy atom. The average Bonchev–Trinajstić information content (AvgIpc) is 2.83. The summed E-state index contributed by atoms with van der Waals surface area (Å²) < 4.78 is 4.64. The highest BCUT2D eigenvalue weighted by Crippen LogP contribution is 2.35. The summed E-state index contributed by atoms with van der Waals surface area (Å²) in [7, 11) is 0. The molecule has 2 aromatic carbocycles. The molecule has 4 heteroatoms. The van der Waals surface area contributed by atoms with Gasteiger partial charge in [0.05, 0.1) is 21.3 Å². The molecule has 0 saturated carbocycles. The Balaban J connectivity index is 2.34. The number of halogens is 1. The molecule has 0 spiro atoms. The van der Waals surface area contributed by atoms with E-state index in [9.17, 15) is 0 Å². The number of fused-ring (bicyclic) bond motifs is 5. The van der Waals surface area contributed by atoms with Crippen LogP contribution in [0.5, 0.6) is 0 Å². The Labute approximate surface area is 116 Å². The molecule has 2 heterocycles. The van der Waals surface area contributed by atoms with Gasteiger partial charge in [-0.2, -0.15) is 0 Å². The molecule has 4 rings (SSSR count). The van der Waals surface area contributed by atoms with Crippen LogP contribution in [-0.4, -0.2) is 9.38 Å². The lowest BCUT2D eigenvalue weighted by Crippen LogP contribution is -1.82. The van der Waals surface area contributed by atoms with Gasteiger partial charge in [-0.25, -0.2) is 4.98 Å². The Hall–Kier alpha value is -1.39. The lowest BCUT2D eigenvalue weighted by Gasteiger charge is -1.99. The van der Waals surface area contributed by atoms with E-state index in [0.29, 0.717) is 0 Å². The zero-order valence-electron chi connectivity index (χ0n) is 9.64. The van der Waals surface area contributed by atoms with Crippen LogP contribution in [0.2, 0.25) is 0 Å². The summed E-state index contributed by atoms with van der Waals surface area (Å²) in [6.07, 6.45) is 0. The number of benzene rings is 2. The maximum Gasteiger partial charge on any atom is 0.195 e. The summed E-state index contributed by atoms with van der Waals surface area (Å²) in [5.74, 6) is 0. The van der Waals surface area contributed by atoms with Crippen LogP contribution in [0.4, 0.5) is 0 Å². The van der Waals surface area contributed by atoms with Gasteiger partial charge in [-0.1, -0.05) is 23.5 Å². The van der Waals surface area contributed by atoms with Crippen molar-refractivity contribution < 1.29 is 0 Å². The van der Waals surface area contributed by atoms with Crippen LogP contribution < -0.4 is 0 Å². The summed E-state index contributed by atoms with van der Waals surface area (Å²) in [6, 6.07) is 12.6. The molecule has 0 saturated heterocycles. The molecule has 0 aliphatic carbocycles. The predicted molar refractivity (Wildman–Crippen MR) is 80.5 cm³/mol. The van der Waals surface area contributed by atoms with Gasteiger partial charge in [0, 0.05) is 4.47 Å². The van der Waals surface area contributed by atoms with E-state index in [0.717, 1.165) is 15.0 Å². The zero-order valence-corrected chi connectivity index (χ0v) is 12.0. The third kappa shape index (κ3) is 1.30. The summed E-state index contributed by atoms with van der Waals surface area (Å²) in [6.45, 7) is 2.12. The van der Waals surface area contributed by atoms with Gasteiger partial charge in [0.15, 0.2) is 4.96 Å². The quantitative estimate of drug-likeness (QED) is 0.456. The molecule has 2 nitrogen and oxygen atoms in total. The molecule has 0 aliphatic heterocycles. The summed E-state index contributed by atoms with van der Waals surface area (Å²) in [5, 5.41) is 0. The monoisotopic (exact) mass is 316 g/mol.